The number of aromatic nitrogens is 1. The van der Waals surface area contributed by atoms with E-state index in [1.807, 2.05) is 13.1 Å². The molecule has 1 aromatic rings. The highest BCUT2D eigenvalue weighted by atomic mass is 35.5. The number of rotatable bonds is 3. The number of methoxy groups -OCH3 is 1. The molecule has 1 heterocycles. The zero-order chi connectivity index (χ0) is 16.2. The van der Waals surface area contributed by atoms with Gasteiger partial charge >= 0.3 is 0 Å². The molecule has 1 aromatic heterocycles. The van der Waals surface area contributed by atoms with Gasteiger partial charge in [-0.25, -0.2) is 4.98 Å². The topological polar surface area (TPSA) is 42.4 Å². The van der Waals surface area contributed by atoms with Crippen LogP contribution in [0, 0.1) is 17.3 Å². The summed E-state index contributed by atoms with van der Waals surface area (Å²) in [6.45, 7) is 0. The number of amides is 1. The van der Waals surface area contributed by atoms with Crippen LogP contribution in [0.3, 0.4) is 0 Å². The molecule has 4 aliphatic carbocycles. The first-order valence-corrected chi connectivity index (χ1v) is 8.78. The van der Waals surface area contributed by atoms with E-state index in [1.165, 1.54) is 6.42 Å². The fourth-order valence-electron chi connectivity index (χ4n) is 5.57. The summed E-state index contributed by atoms with van der Waals surface area (Å²) in [6, 6.07) is 3.68. The molecule has 4 nitrogen and oxygen atoms in total. The largest absolute Gasteiger partial charge is 0.481 e. The maximum Gasteiger partial charge on any atom is 0.233 e. The van der Waals surface area contributed by atoms with E-state index in [1.54, 1.807) is 24.3 Å². The summed E-state index contributed by atoms with van der Waals surface area (Å²) >= 11 is 6.86. The van der Waals surface area contributed by atoms with Crippen LogP contribution in [0.4, 0.5) is 5.69 Å². The summed E-state index contributed by atoms with van der Waals surface area (Å²) in [5.74, 6) is 2.02. The predicted octanol–water partition coefficient (Wildman–Crippen LogP) is 3.63. The number of carbonyl (C=O) groups excluding carboxylic acids is 1. The number of hydrogen-bond acceptors (Lipinski definition) is 3. The lowest BCUT2D eigenvalue weighted by Gasteiger charge is -2.59. The van der Waals surface area contributed by atoms with Gasteiger partial charge in [-0.3, -0.25) is 4.79 Å². The van der Waals surface area contributed by atoms with Crippen LogP contribution in [-0.2, 0) is 4.79 Å². The highest BCUT2D eigenvalue weighted by Crippen LogP contribution is 2.64. The van der Waals surface area contributed by atoms with Gasteiger partial charge in [-0.15, -0.1) is 11.6 Å². The maximum absolute atomic E-state index is 13.3. The summed E-state index contributed by atoms with van der Waals surface area (Å²) in [6.07, 6.45) is 7.99. The fourth-order valence-corrected chi connectivity index (χ4v) is 6.26. The van der Waals surface area contributed by atoms with E-state index in [4.69, 9.17) is 16.3 Å². The number of hydrogen-bond donors (Lipinski definition) is 0. The number of halogens is 1. The molecule has 1 amide bonds. The zero-order valence-electron chi connectivity index (χ0n) is 13.7. The van der Waals surface area contributed by atoms with Crippen molar-refractivity contribution >= 4 is 23.2 Å². The van der Waals surface area contributed by atoms with Crippen LogP contribution in [-0.4, -0.2) is 29.9 Å². The van der Waals surface area contributed by atoms with Crippen molar-refractivity contribution < 1.29 is 9.53 Å². The van der Waals surface area contributed by atoms with Crippen molar-refractivity contribution in [3.05, 3.63) is 18.3 Å². The summed E-state index contributed by atoms with van der Waals surface area (Å²) < 4.78 is 5.09. The second-order valence-corrected chi connectivity index (χ2v) is 8.62. The minimum atomic E-state index is -0.263. The predicted molar refractivity (Wildman–Crippen MR) is 89.9 cm³/mol. The van der Waals surface area contributed by atoms with E-state index in [-0.39, 0.29) is 16.2 Å². The van der Waals surface area contributed by atoms with E-state index in [0.29, 0.717) is 17.7 Å². The van der Waals surface area contributed by atoms with Crippen LogP contribution >= 0.6 is 11.6 Å². The number of anilines is 1. The number of ether oxygens (including phenoxy) is 1. The Hall–Kier alpha value is -1.29. The Kier molecular flexibility index (Phi) is 3.38. The quantitative estimate of drug-likeness (QED) is 0.793. The fraction of sp³-hybridized carbons (Fsp3) is 0.667. The molecule has 5 rings (SSSR count). The van der Waals surface area contributed by atoms with E-state index < -0.39 is 0 Å². The van der Waals surface area contributed by atoms with Crippen molar-refractivity contribution in [2.75, 3.05) is 19.1 Å². The normalized spacial score (nSPS) is 37.7. The first-order valence-electron chi connectivity index (χ1n) is 8.40. The van der Waals surface area contributed by atoms with Crippen molar-refractivity contribution in [1.29, 1.82) is 0 Å². The minimum absolute atomic E-state index is 0.140. The SMILES string of the molecule is COc1ccc(N(C)C(=O)C23CC4CC(CC(Cl)(C4)C2)C3)cn1. The lowest BCUT2D eigenvalue weighted by Crippen LogP contribution is -2.58. The lowest BCUT2D eigenvalue weighted by molar-refractivity contribution is -0.141. The van der Waals surface area contributed by atoms with Crippen LogP contribution < -0.4 is 9.64 Å². The summed E-state index contributed by atoms with van der Waals surface area (Å²) in [4.78, 5) is 19.1. The molecule has 23 heavy (non-hydrogen) atoms. The number of alkyl halides is 1. The van der Waals surface area contributed by atoms with Gasteiger partial charge in [0.2, 0.25) is 11.8 Å². The summed E-state index contributed by atoms with van der Waals surface area (Å²) in [7, 11) is 3.44. The number of pyridine rings is 1. The summed E-state index contributed by atoms with van der Waals surface area (Å²) in [5.41, 5.74) is 0.552. The molecular formula is C18H23ClN2O2. The van der Waals surface area contributed by atoms with E-state index >= 15 is 0 Å². The molecule has 2 unspecified atom stereocenters. The van der Waals surface area contributed by atoms with Gasteiger partial charge in [0.15, 0.2) is 0 Å². The minimum Gasteiger partial charge on any atom is -0.481 e. The van der Waals surface area contributed by atoms with Gasteiger partial charge in [0.05, 0.1) is 24.4 Å². The van der Waals surface area contributed by atoms with Gasteiger partial charge in [-0.1, -0.05) is 0 Å². The highest BCUT2D eigenvalue weighted by Gasteiger charge is 2.60. The molecule has 0 radical (unpaired) electrons. The van der Waals surface area contributed by atoms with Crippen LogP contribution in [0.25, 0.3) is 0 Å². The Balaban J connectivity index is 1.60. The third-order valence-corrected chi connectivity index (χ3v) is 6.51. The third-order valence-electron chi connectivity index (χ3n) is 6.07. The molecule has 5 heteroatoms. The lowest BCUT2D eigenvalue weighted by atomic mass is 9.49. The van der Waals surface area contributed by atoms with Gasteiger partial charge in [0, 0.05) is 18.0 Å². The van der Waals surface area contributed by atoms with Crippen LogP contribution in [0.2, 0.25) is 0 Å². The zero-order valence-corrected chi connectivity index (χ0v) is 14.5. The monoisotopic (exact) mass is 334 g/mol. The Morgan fingerprint density at radius 3 is 2.52 bits per heavy atom. The third kappa shape index (κ3) is 2.42. The van der Waals surface area contributed by atoms with Crippen molar-refractivity contribution in [3.63, 3.8) is 0 Å². The maximum atomic E-state index is 13.3. The molecule has 4 saturated carbocycles. The molecule has 4 fully saturated rings. The van der Waals surface area contributed by atoms with Gasteiger partial charge in [0.1, 0.15) is 0 Å². The van der Waals surface area contributed by atoms with Gasteiger partial charge in [-0.05, 0) is 56.4 Å². The molecule has 0 saturated heterocycles. The first-order chi connectivity index (χ1) is 10.9. The smallest absolute Gasteiger partial charge is 0.233 e. The Morgan fingerprint density at radius 2 is 2.00 bits per heavy atom. The molecule has 0 N–H and O–H groups in total. The Morgan fingerprint density at radius 1 is 1.30 bits per heavy atom. The van der Waals surface area contributed by atoms with Crippen LogP contribution in [0.1, 0.15) is 38.5 Å². The number of carbonyl (C=O) groups is 1. The van der Waals surface area contributed by atoms with E-state index in [0.717, 1.165) is 37.8 Å². The molecule has 4 bridgehead atoms. The second-order valence-electron chi connectivity index (χ2n) is 7.82. The molecular weight excluding hydrogens is 312 g/mol. The van der Waals surface area contributed by atoms with Crippen LogP contribution in [0.15, 0.2) is 18.3 Å². The molecule has 0 aliphatic heterocycles. The Bertz CT molecular complexity index is 616. The average Bonchev–Trinajstić information content (AvgIpc) is 2.51. The molecule has 0 aromatic carbocycles. The van der Waals surface area contributed by atoms with Gasteiger partial charge < -0.3 is 9.64 Å². The Labute approximate surface area is 142 Å². The van der Waals surface area contributed by atoms with Crippen molar-refractivity contribution in [2.24, 2.45) is 17.3 Å². The van der Waals surface area contributed by atoms with E-state index in [2.05, 4.69) is 4.98 Å². The first kappa shape index (κ1) is 15.3. The second kappa shape index (κ2) is 5.10. The van der Waals surface area contributed by atoms with E-state index in [9.17, 15) is 4.79 Å². The van der Waals surface area contributed by atoms with Gasteiger partial charge in [0.25, 0.3) is 0 Å². The van der Waals surface area contributed by atoms with Crippen molar-refractivity contribution in [3.8, 4) is 5.88 Å². The standard InChI is InChI=1S/C18H23ClN2O2/c1-21(14-3-4-15(23-2)20-10-14)16(22)17-6-12-5-13(7-17)9-18(19,8-12)11-17/h3-4,10,12-13H,5-9,11H2,1-2H3. The molecule has 124 valence electrons. The highest BCUT2D eigenvalue weighted by molar-refractivity contribution is 6.24. The average molecular weight is 335 g/mol. The van der Waals surface area contributed by atoms with Crippen molar-refractivity contribution in [2.45, 2.75) is 43.4 Å². The molecule has 2 atom stereocenters. The molecule has 4 aliphatic rings. The van der Waals surface area contributed by atoms with Crippen molar-refractivity contribution in [1.82, 2.24) is 4.98 Å². The summed E-state index contributed by atoms with van der Waals surface area (Å²) in [5, 5.41) is 0. The number of nitrogens with zero attached hydrogens (tertiary/aromatic N) is 2. The van der Waals surface area contributed by atoms with Gasteiger partial charge in [-0.2, -0.15) is 0 Å². The molecule has 0 spiro atoms. The van der Waals surface area contributed by atoms with Crippen LogP contribution in [0.5, 0.6) is 5.88 Å².